The maximum Gasteiger partial charge on any atom is 0.264 e. The summed E-state index contributed by atoms with van der Waals surface area (Å²) in [7, 11) is -3.85. The van der Waals surface area contributed by atoms with Crippen molar-refractivity contribution < 1.29 is 22.3 Å². The van der Waals surface area contributed by atoms with Crippen molar-refractivity contribution in [3.63, 3.8) is 0 Å². The average Bonchev–Trinajstić information content (AvgIpc) is 2.92. The third-order valence-electron chi connectivity index (χ3n) is 6.02. The number of amides is 1. The van der Waals surface area contributed by atoms with Crippen LogP contribution in [0, 0.1) is 12.7 Å². The molecule has 0 aromatic heterocycles. The molecule has 196 valence electrons. The summed E-state index contributed by atoms with van der Waals surface area (Å²) in [5.74, 6) is -0.252. The third-order valence-corrected chi connectivity index (χ3v) is 7.81. The largest absolute Gasteiger partial charge is 0.484 e. The van der Waals surface area contributed by atoms with Crippen molar-refractivity contribution in [1.29, 1.82) is 0 Å². The molecule has 0 aliphatic rings. The van der Waals surface area contributed by atoms with Crippen LogP contribution < -0.4 is 14.4 Å². The Morgan fingerprint density at radius 2 is 1.53 bits per heavy atom. The Labute approximate surface area is 222 Å². The van der Waals surface area contributed by atoms with E-state index in [4.69, 9.17) is 4.74 Å². The quantitative estimate of drug-likeness (QED) is 0.281. The molecule has 0 fully saturated rings. The molecule has 0 radical (unpaired) electrons. The number of nitrogens with zero attached hydrogens (tertiary/aromatic N) is 1. The third kappa shape index (κ3) is 6.77. The second-order valence-corrected chi connectivity index (χ2v) is 10.8. The molecule has 0 bridgehead atoms. The highest BCUT2D eigenvalue weighted by molar-refractivity contribution is 7.92. The lowest BCUT2D eigenvalue weighted by Crippen LogP contribution is -2.31. The van der Waals surface area contributed by atoms with Gasteiger partial charge in [-0.1, -0.05) is 60.2 Å². The molecule has 0 unspecified atom stereocenters. The molecule has 38 heavy (non-hydrogen) atoms. The number of aryl methyl sites for hydroxylation is 1. The van der Waals surface area contributed by atoms with Crippen LogP contribution in [0.15, 0.2) is 108 Å². The van der Waals surface area contributed by atoms with Gasteiger partial charge in [-0.25, -0.2) is 12.8 Å². The molecule has 0 spiro atoms. The Balaban J connectivity index is 1.47. The van der Waals surface area contributed by atoms with E-state index in [-0.39, 0.29) is 35.8 Å². The first kappa shape index (κ1) is 26.9. The van der Waals surface area contributed by atoms with Gasteiger partial charge in [-0.2, -0.15) is 0 Å². The molecule has 4 aromatic carbocycles. The van der Waals surface area contributed by atoms with E-state index >= 15 is 0 Å². The maximum atomic E-state index is 13.6. The van der Waals surface area contributed by atoms with Crippen LogP contribution in [0.4, 0.5) is 10.1 Å². The molecule has 4 rings (SSSR count). The molecule has 1 N–H and O–H groups in total. The zero-order valence-corrected chi connectivity index (χ0v) is 22.0. The number of hydrogen-bond donors (Lipinski definition) is 1. The summed E-state index contributed by atoms with van der Waals surface area (Å²) in [4.78, 5) is 12.6. The van der Waals surface area contributed by atoms with E-state index < -0.39 is 10.0 Å². The highest BCUT2D eigenvalue weighted by Crippen LogP contribution is 2.28. The zero-order valence-electron chi connectivity index (χ0n) is 21.2. The van der Waals surface area contributed by atoms with Gasteiger partial charge in [-0.3, -0.25) is 9.10 Å². The van der Waals surface area contributed by atoms with Gasteiger partial charge in [0.2, 0.25) is 0 Å². The van der Waals surface area contributed by atoms with E-state index in [1.54, 1.807) is 67.6 Å². The van der Waals surface area contributed by atoms with Crippen LogP contribution in [0.3, 0.4) is 0 Å². The second kappa shape index (κ2) is 11.9. The number of carbonyl (C=O) groups is 1. The summed E-state index contributed by atoms with van der Waals surface area (Å²) in [5.41, 5.74) is 3.06. The van der Waals surface area contributed by atoms with Crippen molar-refractivity contribution in [2.75, 3.05) is 10.9 Å². The molecule has 6 nitrogen and oxygen atoms in total. The molecule has 0 aliphatic carbocycles. The fourth-order valence-corrected chi connectivity index (χ4v) is 5.33. The van der Waals surface area contributed by atoms with Crippen LogP contribution in [0.25, 0.3) is 0 Å². The summed E-state index contributed by atoms with van der Waals surface area (Å²) < 4.78 is 47.3. The van der Waals surface area contributed by atoms with E-state index in [1.165, 1.54) is 16.4 Å². The summed E-state index contributed by atoms with van der Waals surface area (Å²) in [6.07, 6.45) is 0. The van der Waals surface area contributed by atoms with Gasteiger partial charge in [-0.05, 0) is 73.5 Å². The minimum atomic E-state index is -3.85. The predicted octanol–water partition coefficient (Wildman–Crippen LogP) is 5.79. The van der Waals surface area contributed by atoms with Crippen LogP contribution in [-0.4, -0.2) is 20.9 Å². The van der Waals surface area contributed by atoms with Crippen molar-refractivity contribution in [3.05, 3.63) is 126 Å². The number of rotatable bonds is 10. The smallest absolute Gasteiger partial charge is 0.264 e. The standard InChI is InChI=1S/C30H29FN2O4S/c1-22-8-18-29(19-9-22)38(35,36)33(20-24-6-4-3-5-7-24)27-14-16-28(17-15-27)37-21-30(34)32-23(2)25-10-12-26(31)13-11-25/h3-19,23H,20-21H2,1-2H3,(H,32,34)/t23-/m0/s1. The molecule has 0 saturated carbocycles. The van der Waals surface area contributed by atoms with Gasteiger partial charge in [-0.15, -0.1) is 0 Å². The van der Waals surface area contributed by atoms with E-state index in [9.17, 15) is 17.6 Å². The van der Waals surface area contributed by atoms with E-state index in [2.05, 4.69) is 5.32 Å². The highest BCUT2D eigenvalue weighted by atomic mass is 32.2. The van der Waals surface area contributed by atoms with Crippen LogP contribution in [-0.2, 0) is 21.4 Å². The van der Waals surface area contributed by atoms with Gasteiger partial charge in [0.25, 0.3) is 15.9 Å². The molecular weight excluding hydrogens is 503 g/mol. The predicted molar refractivity (Wildman–Crippen MR) is 146 cm³/mol. The van der Waals surface area contributed by atoms with Gasteiger partial charge >= 0.3 is 0 Å². The summed E-state index contributed by atoms with van der Waals surface area (Å²) in [6, 6.07) is 28.3. The van der Waals surface area contributed by atoms with Crippen molar-refractivity contribution >= 4 is 21.6 Å². The summed E-state index contributed by atoms with van der Waals surface area (Å²) in [6.45, 7) is 3.64. The Morgan fingerprint density at radius 3 is 2.16 bits per heavy atom. The first-order valence-corrected chi connectivity index (χ1v) is 13.6. The van der Waals surface area contributed by atoms with E-state index in [0.29, 0.717) is 11.4 Å². The normalized spacial score (nSPS) is 12.0. The first-order valence-electron chi connectivity index (χ1n) is 12.1. The average molecular weight is 533 g/mol. The Hall–Kier alpha value is -4.17. The lowest BCUT2D eigenvalue weighted by Gasteiger charge is -2.25. The SMILES string of the molecule is Cc1ccc(S(=O)(=O)N(Cc2ccccc2)c2ccc(OCC(=O)N[C@@H](C)c3ccc(F)cc3)cc2)cc1. The van der Waals surface area contributed by atoms with Crippen molar-refractivity contribution in [2.24, 2.45) is 0 Å². The monoisotopic (exact) mass is 532 g/mol. The summed E-state index contributed by atoms with van der Waals surface area (Å²) in [5, 5.41) is 2.81. The molecule has 1 amide bonds. The minimum Gasteiger partial charge on any atom is -0.484 e. The number of benzene rings is 4. The fraction of sp³-hybridized carbons (Fsp3) is 0.167. The molecule has 4 aromatic rings. The molecule has 0 heterocycles. The molecule has 1 atom stereocenters. The number of nitrogens with one attached hydrogen (secondary N) is 1. The number of sulfonamides is 1. The Kier molecular flexibility index (Phi) is 8.43. The van der Waals surface area contributed by atoms with Crippen molar-refractivity contribution in [3.8, 4) is 5.75 Å². The van der Waals surface area contributed by atoms with Crippen molar-refractivity contribution in [1.82, 2.24) is 5.32 Å². The summed E-state index contributed by atoms with van der Waals surface area (Å²) >= 11 is 0. The lowest BCUT2D eigenvalue weighted by atomic mass is 10.1. The number of carbonyl (C=O) groups excluding carboxylic acids is 1. The topological polar surface area (TPSA) is 75.7 Å². The van der Waals surface area contributed by atoms with Crippen LogP contribution in [0.1, 0.15) is 29.7 Å². The van der Waals surface area contributed by atoms with Gasteiger partial charge < -0.3 is 10.1 Å². The number of hydrogen-bond acceptors (Lipinski definition) is 4. The number of ether oxygens (including phenoxy) is 1. The van der Waals surface area contributed by atoms with E-state index in [0.717, 1.165) is 16.7 Å². The van der Waals surface area contributed by atoms with Gasteiger partial charge in [0.15, 0.2) is 6.61 Å². The second-order valence-electron chi connectivity index (χ2n) is 8.93. The van der Waals surface area contributed by atoms with Crippen LogP contribution >= 0.6 is 0 Å². The Bertz CT molecular complexity index is 1460. The lowest BCUT2D eigenvalue weighted by molar-refractivity contribution is -0.123. The number of anilines is 1. The Morgan fingerprint density at radius 1 is 0.895 bits per heavy atom. The van der Waals surface area contributed by atoms with Gasteiger partial charge in [0.1, 0.15) is 11.6 Å². The highest BCUT2D eigenvalue weighted by Gasteiger charge is 2.25. The molecular formula is C30H29FN2O4S. The van der Waals surface area contributed by atoms with E-state index in [1.807, 2.05) is 37.3 Å². The fourth-order valence-electron chi connectivity index (χ4n) is 3.88. The minimum absolute atomic E-state index is 0.154. The molecule has 8 heteroatoms. The molecule has 0 aliphatic heterocycles. The number of halogens is 1. The van der Waals surface area contributed by atoms with Crippen molar-refractivity contribution in [2.45, 2.75) is 31.3 Å². The first-order chi connectivity index (χ1) is 18.2. The zero-order chi connectivity index (χ0) is 27.1. The van der Waals surface area contributed by atoms with Crippen LogP contribution in [0.5, 0.6) is 5.75 Å². The van der Waals surface area contributed by atoms with Gasteiger partial charge in [0, 0.05) is 0 Å². The molecule has 0 saturated heterocycles. The van der Waals surface area contributed by atoms with Gasteiger partial charge in [0.05, 0.1) is 23.2 Å². The van der Waals surface area contributed by atoms with Crippen LogP contribution in [0.2, 0.25) is 0 Å². The maximum absolute atomic E-state index is 13.6.